The average molecular weight is 306 g/mol. The number of anilines is 1. The third kappa shape index (κ3) is 2.50. The Balaban J connectivity index is 1.48. The minimum atomic E-state index is -0.133. The summed E-state index contributed by atoms with van der Waals surface area (Å²) in [5, 5.41) is 3.26. The molecule has 118 valence electrons. The second-order valence-corrected chi connectivity index (χ2v) is 6.55. The van der Waals surface area contributed by atoms with Crippen LogP contribution in [-0.2, 0) is 17.6 Å². The Bertz CT molecular complexity index is 740. The number of rotatable bonds is 3. The molecule has 1 heterocycles. The lowest BCUT2D eigenvalue weighted by molar-refractivity contribution is -0.122. The van der Waals surface area contributed by atoms with Gasteiger partial charge in [-0.25, -0.2) is 0 Å². The Kier molecular flexibility index (Phi) is 3.56. The van der Waals surface area contributed by atoms with E-state index < -0.39 is 0 Å². The molecule has 2 aliphatic rings. The fraction of sp³-hybridized carbons (Fsp3) is 0.350. The minimum absolute atomic E-state index is 0.128. The van der Waals surface area contributed by atoms with E-state index in [1.807, 2.05) is 6.92 Å². The van der Waals surface area contributed by atoms with Gasteiger partial charge in [-0.3, -0.25) is 4.79 Å². The number of nitrogens with one attached hydrogen (secondary N) is 1. The number of fused-ring (bicyclic) bond motifs is 2. The van der Waals surface area contributed by atoms with Crippen molar-refractivity contribution in [1.82, 2.24) is 5.32 Å². The number of hydrogen-bond acceptors (Lipinski definition) is 2. The van der Waals surface area contributed by atoms with Gasteiger partial charge in [-0.2, -0.15) is 0 Å². The maximum Gasteiger partial charge on any atom is 0.242 e. The molecule has 2 atom stereocenters. The van der Waals surface area contributed by atoms with E-state index in [0.717, 1.165) is 25.8 Å². The zero-order chi connectivity index (χ0) is 15.8. The molecular formula is C20H22N2O. The molecule has 2 aromatic rings. The van der Waals surface area contributed by atoms with Crippen molar-refractivity contribution < 1.29 is 4.79 Å². The number of amides is 1. The molecule has 4 rings (SSSR count). The molecule has 3 heteroatoms. The monoisotopic (exact) mass is 306 g/mol. The number of nitrogens with zero attached hydrogens (tertiary/aromatic N) is 1. The summed E-state index contributed by atoms with van der Waals surface area (Å²) in [6.45, 7) is 2.94. The van der Waals surface area contributed by atoms with E-state index in [1.54, 1.807) is 0 Å². The molecule has 0 saturated heterocycles. The molecule has 0 aromatic heterocycles. The lowest BCUT2D eigenvalue weighted by Gasteiger charge is -2.28. The average Bonchev–Trinajstić information content (AvgIpc) is 3.19. The van der Waals surface area contributed by atoms with E-state index in [1.165, 1.54) is 22.4 Å². The molecule has 1 aliphatic heterocycles. The van der Waals surface area contributed by atoms with Crippen molar-refractivity contribution in [3.63, 3.8) is 0 Å². The summed E-state index contributed by atoms with van der Waals surface area (Å²) in [5.74, 6) is 0.128. The molecule has 1 amide bonds. The van der Waals surface area contributed by atoms with Crippen molar-refractivity contribution in [3.8, 4) is 0 Å². The fourth-order valence-corrected chi connectivity index (χ4v) is 3.91. The standard InChI is InChI=1S/C20H22N2O/c1-14(22-13-12-16-7-3-5-9-19(16)22)20(23)21-18-11-10-15-6-2-4-8-17(15)18/h2-9,14,18H,10-13H2,1H3,(H,21,23)/t14-,18+/m0/s1. The van der Waals surface area contributed by atoms with Gasteiger partial charge in [0.25, 0.3) is 0 Å². The van der Waals surface area contributed by atoms with Crippen molar-refractivity contribution in [1.29, 1.82) is 0 Å². The second kappa shape index (κ2) is 5.73. The molecular weight excluding hydrogens is 284 g/mol. The van der Waals surface area contributed by atoms with Crippen molar-refractivity contribution >= 4 is 11.6 Å². The summed E-state index contributed by atoms with van der Waals surface area (Å²) in [4.78, 5) is 15.0. The van der Waals surface area contributed by atoms with E-state index in [9.17, 15) is 4.79 Å². The molecule has 0 bridgehead atoms. The van der Waals surface area contributed by atoms with Crippen molar-refractivity contribution in [2.24, 2.45) is 0 Å². The molecule has 0 unspecified atom stereocenters. The highest BCUT2D eigenvalue weighted by atomic mass is 16.2. The van der Waals surface area contributed by atoms with Crippen LogP contribution in [0.2, 0.25) is 0 Å². The van der Waals surface area contributed by atoms with E-state index in [0.29, 0.717) is 0 Å². The smallest absolute Gasteiger partial charge is 0.242 e. The molecule has 0 spiro atoms. The van der Waals surface area contributed by atoms with Crippen molar-refractivity contribution in [2.75, 3.05) is 11.4 Å². The van der Waals surface area contributed by atoms with Gasteiger partial charge in [0, 0.05) is 12.2 Å². The van der Waals surface area contributed by atoms with Crippen LogP contribution in [-0.4, -0.2) is 18.5 Å². The van der Waals surface area contributed by atoms with Crippen LogP contribution >= 0.6 is 0 Å². The maximum absolute atomic E-state index is 12.8. The number of benzene rings is 2. The van der Waals surface area contributed by atoms with Crippen LogP contribution < -0.4 is 10.2 Å². The van der Waals surface area contributed by atoms with Gasteiger partial charge in [0.1, 0.15) is 6.04 Å². The Labute approximate surface area is 137 Å². The zero-order valence-electron chi connectivity index (χ0n) is 13.5. The molecule has 0 radical (unpaired) electrons. The lowest BCUT2D eigenvalue weighted by Crippen LogP contribution is -2.45. The van der Waals surface area contributed by atoms with Crippen LogP contribution in [0, 0.1) is 0 Å². The van der Waals surface area contributed by atoms with Crippen LogP contribution in [0.1, 0.15) is 36.1 Å². The maximum atomic E-state index is 12.8. The molecule has 3 nitrogen and oxygen atoms in total. The first-order valence-electron chi connectivity index (χ1n) is 8.47. The molecule has 1 aliphatic carbocycles. The van der Waals surface area contributed by atoms with E-state index in [4.69, 9.17) is 0 Å². The quantitative estimate of drug-likeness (QED) is 0.944. The van der Waals surface area contributed by atoms with Gasteiger partial charge in [0.05, 0.1) is 6.04 Å². The lowest BCUT2D eigenvalue weighted by atomic mass is 10.1. The van der Waals surface area contributed by atoms with Crippen LogP contribution in [0.3, 0.4) is 0 Å². The van der Waals surface area contributed by atoms with E-state index in [-0.39, 0.29) is 18.0 Å². The van der Waals surface area contributed by atoms with E-state index in [2.05, 4.69) is 58.7 Å². The van der Waals surface area contributed by atoms with Crippen molar-refractivity contribution in [3.05, 3.63) is 65.2 Å². The van der Waals surface area contributed by atoms with Gasteiger partial charge < -0.3 is 10.2 Å². The number of aryl methyl sites for hydroxylation is 1. The molecule has 2 aromatic carbocycles. The number of carbonyl (C=O) groups excluding carboxylic acids is 1. The van der Waals surface area contributed by atoms with Gasteiger partial charge in [-0.15, -0.1) is 0 Å². The Hall–Kier alpha value is -2.29. The van der Waals surface area contributed by atoms with Gasteiger partial charge in [0.2, 0.25) is 5.91 Å². The Morgan fingerprint density at radius 2 is 1.83 bits per heavy atom. The Morgan fingerprint density at radius 1 is 1.09 bits per heavy atom. The summed E-state index contributed by atoms with van der Waals surface area (Å²) < 4.78 is 0. The van der Waals surface area contributed by atoms with Gasteiger partial charge >= 0.3 is 0 Å². The van der Waals surface area contributed by atoms with Gasteiger partial charge in [0.15, 0.2) is 0 Å². The summed E-state index contributed by atoms with van der Waals surface area (Å²) in [5.41, 5.74) is 5.21. The first-order chi connectivity index (χ1) is 11.2. The highest BCUT2D eigenvalue weighted by molar-refractivity contribution is 5.86. The first-order valence-corrected chi connectivity index (χ1v) is 8.47. The number of hydrogen-bond donors (Lipinski definition) is 1. The molecule has 1 N–H and O–H groups in total. The fourth-order valence-electron chi connectivity index (χ4n) is 3.91. The van der Waals surface area contributed by atoms with Crippen LogP contribution in [0.25, 0.3) is 0 Å². The highest BCUT2D eigenvalue weighted by Gasteiger charge is 2.30. The van der Waals surface area contributed by atoms with Crippen LogP contribution in [0.4, 0.5) is 5.69 Å². The topological polar surface area (TPSA) is 32.3 Å². The third-order valence-electron chi connectivity index (χ3n) is 5.22. The minimum Gasteiger partial charge on any atom is -0.359 e. The van der Waals surface area contributed by atoms with E-state index >= 15 is 0 Å². The van der Waals surface area contributed by atoms with Crippen LogP contribution in [0.5, 0.6) is 0 Å². The predicted octanol–water partition coefficient (Wildman–Crippen LogP) is 3.24. The summed E-state index contributed by atoms with van der Waals surface area (Å²) >= 11 is 0. The second-order valence-electron chi connectivity index (χ2n) is 6.55. The predicted molar refractivity (Wildman–Crippen MR) is 92.6 cm³/mol. The largest absolute Gasteiger partial charge is 0.359 e. The molecule has 0 saturated carbocycles. The SMILES string of the molecule is C[C@@H](C(=O)N[C@@H]1CCc2ccccc21)N1CCc2ccccc21. The van der Waals surface area contributed by atoms with Crippen LogP contribution in [0.15, 0.2) is 48.5 Å². The molecule has 0 fully saturated rings. The summed E-state index contributed by atoms with van der Waals surface area (Å²) in [7, 11) is 0. The zero-order valence-corrected chi connectivity index (χ0v) is 13.5. The Morgan fingerprint density at radius 3 is 2.70 bits per heavy atom. The van der Waals surface area contributed by atoms with Crippen molar-refractivity contribution in [2.45, 2.75) is 38.3 Å². The molecule has 23 heavy (non-hydrogen) atoms. The first kappa shape index (κ1) is 14.3. The third-order valence-corrected chi connectivity index (χ3v) is 5.22. The highest BCUT2D eigenvalue weighted by Crippen LogP contribution is 2.32. The van der Waals surface area contributed by atoms with Gasteiger partial charge in [-0.1, -0.05) is 42.5 Å². The number of carbonyl (C=O) groups is 1. The summed E-state index contributed by atoms with van der Waals surface area (Å²) in [6.07, 6.45) is 3.09. The normalized spacial score (nSPS) is 20.0. The number of para-hydroxylation sites is 1. The summed E-state index contributed by atoms with van der Waals surface area (Å²) in [6, 6.07) is 16.9. The van der Waals surface area contributed by atoms with Gasteiger partial charge in [-0.05, 0) is 48.9 Å².